The van der Waals surface area contributed by atoms with Gasteiger partial charge in [0.25, 0.3) is 11.7 Å². The van der Waals surface area contributed by atoms with Crippen molar-refractivity contribution >= 4 is 45.9 Å². The highest BCUT2D eigenvalue weighted by Crippen LogP contribution is 2.54. The van der Waals surface area contributed by atoms with E-state index in [-0.39, 0.29) is 77.4 Å². The number of fused-ring (bicyclic) bond motifs is 14. The lowest BCUT2D eigenvalue weighted by Crippen LogP contribution is -2.49. The van der Waals surface area contributed by atoms with Gasteiger partial charge in [-0.05, 0) is 32.9 Å². The summed E-state index contributed by atoms with van der Waals surface area (Å²) in [6.45, 7) is 15.7. The van der Waals surface area contributed by atoms with Crippen molar-refractivity contribution in [2.45, 2.75) is 92.5 Å². The minimum atomic E-state index is -1.97. The Morgan fingerprint density at radius 2 is 1.62 bits per heavy atom. The van der Waals surface area contributed by atoms with Crippen molar-refractivity contribution in [2.75, 3.05) is 50.1 Å². The van der Waals surface area contributed by atoms with Crippen LogP contribution in [-0.4, -0.2) is 119 Å². The van der Waals surface area contributed by atoms with Gasteiger partial charge in [0.2, 0.25) is 0 Å². The highest BCUT2D eigenvalue weighted by atomic mass is 16.7. The average molecular weight is 838 g/mol. The first-order valence-corrected chi connectivity index (χ1v) is 20.3. The summed E-state index contributed by atoms with van der Waals surface area (Å²) in [6, 6.07) is 1.52. The molecule has 9 atom stereocenters. The summed E-state index contributed by atoms with van der Waals surface area (Å²) in [4.78, 5) is 56.7. The second kappa shape index (κ2) is 18.5. The number of carbonyl (C=O) groups is 4. The minimum absolute atomic E-state index is 0.0273. The number of esters is 1. The number of benzene rings is 2. The Morgan fingerprint density at radius 3 is 2.23 bits per heavy atom. The average Bonchev–Trinajstić information content (AvgIpc) is 3.48. The normalized spacial score (nSPS) is 31.2. The standard InChI is InChI=1S/C44H59N3O13/c1-11-57-43(55)47-18-16-46(17-19-47)30-21-29-38(52)33-32(30)34-40(27(7)37(33)51)60-44(9,41(34)53)58-20-15-31(56-10)24(4)39(59-28(8)48)26(6)36(50)25(5)35(49)22(2)13-12-14-23(3)42(54)45-29/h12-15,20-22,24-26,31,35-36,39,49-52H,11,16-19H2,1-10H3,(H,45,54)/b13-12-,20-15-,23-14-. The fraction of sp³-hybridized carbons (Fsp3) is 0.545. The maximum absolute atomic E-state index is 14.6. The number of ketones is 1. The number of aliphatic hydroxyl groups is 2. The zero-order valence-electron chi connectivity index (χ0n) is 36.0. The van der Waals surface area contributed by atoms with Crippen molar-refractivity contribution in [3.05, 3.63) is 53.3 Å². The molecule has 4 aliphatic heterocycles. The molecule has 5 N–H and O–H groups in total. The van der Waals surface area contributed by atoms with Gasteiger partial charge < -0.3 is 59.2 Å². The first-order valence-electron chi connectivity index (χ1n) is 20.3. The summed E-state index contributed by atoms with van der Waals surface area (Å²) >= 11 is 0. The molecular weight excluding hydrogens is 778 g/mol. The van der Waals surface area contributed by atoms with E-state index in [1.165, 1.54) is 52.4 Å². The molecule has 2 aromatic carbocycles. The summed E-state index contributed by atoms with van der Waals surface area (Å²) < 4.78 is 29.1. The van der Waals surface area contributed by atoms with Crippen molar-refractivity contribution in [3.63, 3.8) is 0 Å². The molecule has 0 spiro atoms. The number of anilines is 2. The van der Waals surface area contributed by atoms with E-state index in [1.807, 2.05) is 4.90 Å². The van der Waals surface area contributed by atoms with Crippen LogP contribution >= 0.6 is 0 Å². The zero-order chi connectivity index (χ0) is 44.4. The Labute approximate surface area is 350 Å². The van der Waals surface area contributed by atoms with Crippen LogP contribution in [0, 0.1) is 30.6 Å². The largest absolute Gasteiger partial charge is 0.507 e. The van der Waals surface area contributed by atoms with Crippen LogP contribution in [0.1, 0.15) is 71.3 Å². The van der Waals surface area contributed by atoms with Crippen molar-refractivity contribution in [2.24, 2.45) is 23.7 Å². The van der Waals surface area contributed by atoms with Crippen LogP contribution in [0.2, 0.25) is 0 Å². The number of methoxy groups -OCH3 is 1. The zero-order valence-corrected chi connectivity index (χ0v) is 36.0. The second-order valence-corrected chi connectivity index (χ2v) is 16.1. The predicted octanol–water partition coefficient (Wildman–Crippen LogP) is 5.33. The Hall–Kier alpha value is -5.32. The Balaban J connectivity index is 1.68. The molecule has 1 saturated heterocycles. The smallest absolute Gasteiger partial charge is 0.409 e. The molecule has 16 nitrogen and oxygen atoms in total. The van der Waals surface area contributed by atoms with Gasteiger partial charge in [0.1, 0.15) is 17.6 Å². The fourth-order valence-corrected chi connectivity index (χ4v) is 8.24. The summed E-state index contributed by atoms with van der Waals surface area (Å²) in [5.74, 6) is -7.04. The second-order valence-electron chi connectivity index (χ2n) is 16.1. The molecule has 4 heterocycles. The first kappa shape index (κ1) is 45.8. The molecule has 6 rings (SSSR count). The van der Waals surface area contributed by atoms with E-state index in [0.29, 0.717) is 5.69 Å². The highest BCUT2D eigenvalue weighted by Gasteiger charge is 2.50. The van der Waals surface area contributed by atoms with E-state index in [0.717, 1.165) is 0 Å². The number of aromatic hydroxyl groups is 2. The number of aliphatic hydroxyl groups excluding tert-OH is 2. The molecule has 9 unspecified atom stereocenters. The Bertz CT molecular complexity index is 2070. The molecule has 0 saturated carbocycles. The van der Waals surface area contributed by atoms with Gasteiger partial charge >= 0.3 is 17.8 Å². The molecular formula is C44H59N3O13. The molecule has 328 valence electrons. The molecule has 4 aliphatic rings. The van der Waals surface area contributed by atoms with Crippen molar-refractivity contribution in [1.29, 1.82) is 0 Å². The van der Waals surface area contributed by atoms with Gasteiger partial charge in [-0.1, -0.05) is 45.9 Å². The molecule has 0 aliphatic carbocycles. The van der Waals surface area contributed by atoms with Crippen LogP contribution in [0.15, 0.2) is 42.2 Å². The third-order valence-electron chi connectivity index (χ3n) is 12.0. The van der Waals surface area contributed by atoms with Gasteiger partial charge in [0, 0.05) is 93.0 Å². The SMILES string of the molecule is CCOC(=O)N1CCN(c2cc3c(O)c4c(O)c(C)c5c(c24)C(=O)C(C)(O/C=C\C(OC)C(C)C(OC(C)=O)C(C)C(O)C(C)C(O)C(C)/C=C\C=C(\C)C(=O)N3)O5)CC1. The molecule has 2 aromatic rings. The number of amides is 2. The predicted molar refractivity (Wildman–Crippen MR) is 223 cm³/mol. The van der Waals surface area contributed by atoms with Gasteiger partial charge in [-0.25, -0.2) is 4.79 Å². The number of phenols is 2. The number of piperazine rings is 1. The number of carbonyl (C=O) groups excluding carboxylic acids is 4. The molecule has 0 radical (unpaired) electrons. The summed E-state index contributed by atoms with van der Waals surface area (Å²) in [6.07, 6.45) is 3.33. The highest BCUT2D eigenvalue weighted by molar-refractivity contribution is 6.23. The van der Waals surface area contributed by atoms with Crippen molar-refractivity contribution in [1.82, 2.24) is 4.90 Å². The summed E-state index contributed by atoms with van der Waals surface area (Å²) in [7, 11) is 1.45. The van der Waals surface area contributed by atoms with E-state index in [1.54, 1.807) is 58.6 Å². The third-order valence-corrected chi connectivity index (χ3v) is 12.0. The van der Waals surface area contributed by atoms with Crippen LogP contribution in [0.5, 0.6) is 17.2 Å². The molecule has 2 amide bonds. The number of nitrogens with one attached hydrogen (secondary N) is 1. The van der Waals surface area contributed by atoms with E-state index in [4.69, 9.17) is 23.7 Å². The molecule has 0 aromatic heterocycles. The van der Waals surface area contributed by atoms with Gasteiger partial charge in [-0.3, -0.25) is 14.4 Å². The monoisotopic (exact) mass is 837 g/mol. The number of allylic oxidation sites excluding steroid dienone is 2. The van der Waals surface area contributed by atoms with Gasteiger partial charge in [0.05, 0.1) is 47.8 Å². The number of phenolic OH excluding ortho intramolecular Hbond substituents is 2. The quantitative estimate of drug-likeness (QED) is 0.195. The fourth-order valence-electron chi connectivity index (χ4n) is 8.24. The third kappa shape index (κ3) is 8.91. The van der Waals surface area contributed by atoms with E-state index in [2.05, 4.69) is 5.32 Å². The van der Waals surface area contributed by atoms with Gasteiger partial charge in [-0.15, -0.1) is 0 Å². The number of hydrogen-bond acceptors (Lipinski definition) is 14. The molecule has 60 heavy (non-hydrogen) atoms. The minimum Gasteiger partial charge on any atom is -0.507 e. The van der Waals surface area contributed by atoms with Crippen molar-refractivity contribution < 1.29 is 63.3 Å². The number of hydrogen-bond donors (Lipinski definition) is 5. The van der Waals surface area contributed by atoms with Crippen LogP contribution in [0.4, 0.5) is 16.2 Å². The van der Waals surface area contributed by atoms with E-state index >= 15 is 0 Å². The van der Waals surface area contributed by atoms with Crippen LogP contribution in [-0.2, 0) is 28.5 Å². The summed E-state index contributed by atoms with van der Waals surface area (Å²) in [5.41, 5.74) is 0.730. The van der Waals surface area contributed by atoms with Gasteiger partial charge in [-0.2, -0.15) is 0 Å². The summed E-state index contributed by atoms with van der Waals surface area (Å²) in [5, 5.41) is 49.3. The number of Topliss-reactive ketones (excluding diaryl/α,β-unsaturated/α-hetero) is 1. The first-order chi connectivity index (χ1) is 28.3. The van der Waals surface area contributed by atoms with Crippen molar-refractivity contribution in [3.8, 4) is 17.2 Å². The topological polar surface area (TPSA) is 214 Å². The number of rotatable bonds is 4. The van der Waals surface area contributed by atoms with Gasteiger partial charge in [0.15, 0.2) is 5.75 Å². The Kier molecular flexibility index (Phi) is 14.1. The van der Waals surface area contributed by atoms with E-state index in [9.17, 15) is 39.6 Å². The molecule has 1 fully saturated rings. The van der Waals surface area contributed by atoms with Crippen LogP contribution in [0.25, 0.3) is 10.8 Å². The van der Waals surface area contributed by atoms with Crippen LogP contribution < -0.4 is 15.0 Å². The molecule has 16 heteroatoms. The number of nitrogens with zero attached hydrogens (tertiary/aromatic N) is 2. The number of ether oxygens (including phenoxy) is 5. The van der Waals surface area contributed by atoms with Crippen LogP contribution in [0.3, 0.4) is 0 Å². The van der Waals surface area contributed by atoms with E-state index < -0.39 is 83.4 Å². The lowest BCUT2D eigenvalue weighted by Gasteiger charge is -2.38. The maximum Gasteiger partial charge on any atom is 0.409 e. The lowest BCUT2D eigenvalue weighted by atomic mass is 9.78. The Morgan fingerprint density at radius 1 is 0.950 bits per heavy atom. The maximum atomic E-state index is 14.6. The lowest BCUT2D eigenvalue weighted by molar-refractivity contribution is -0.160. The molecule has 5 bridgehead atoms.